The van der Waals surface area contributed by atoms with Gasteiger partial charge in [-0.25, -0.2) is 0 Å². The lowest BCUT2D eigenvalue weighted by atomic mass is 10.2. The third-order valence-corrected chi connectivity index (χ3v) is 9.97. The summed E-state index contributed by atoms with van der Waals surface area (Å²) in [5.41, 5.74) is 0. The highest BCUT2D eigenvalue weighted by Gasteiger charge is 2.45. The van der Waals surface area contributed by atoms with E-state index in [1.807, 2.05) is 6.55 Å². The minimum Gasteiger partial charge on any atom is -0.379 e. The van der Waals surface area contributed by atoms with Gasteiger partial charge in [-0.1, -0.05) is 0 Å². The minimum absolute atomic E-state index is 0.0408. The van der Waals surface area contributed by atoms with Gasteiger partial charge in [0.2, 0.25) is 0 Å². The van der Waals surface area contributed by atoms with Crippen LogP contribution < -0.4 is 0 Å². The van der Waals surface area contributed by atoms with Gasteiger partial charge in [0.25, 0.3) is 0 Å². The van der Waals surface area contributed by atoms with Crippen molar-refractivity contribution in [2.24, 2.45) is 0 Å². The molecule has 3 atom stereocenters. The van der Waals surface area contributed by atoms with Crippen molar-refractivity contribution in [3.05, 3.63) is 0 Å². The third kappa shape index (κ3) is 6.33. The van der Waals surface area contributed by atoms with E-state index in [0.717, 1.165) is 32.1 Å². The molecule has 3 saturated heterocycles. The second kappa shape index (κ2) is 10.1. The van der Waals surface area contributed by atoms with E-state index in [4.69, 9.17) is 31.3 Å². The molecule has 8 nitrogen and oxygen atoms in total. The van der Waals surface area contributed by atoms with Gasteiger partial charge in [-0.15, -0.1) is 0 Å². The maximum Gasteiger partial charge on any atom is 0.500 e. The van der Waals surface area contributed by atoms with Gasteiger partial charge in [-0.2, -0.15) is 0 Å². The van der Waals surface area contributed by atoms with Crippen molar-refractivity contribution < 1.29 is 31.3 Å². The Balaban J connectivity index is 1.81. The Morgan fingerprint density at radius 2 is 1.54 bits per heavy atom. The van der Waals surface area contributed by atoms with E-state index in [2.05, 4.69) is 18.7 Å². The van der Waals surface area contributed by atoms with Gasteiger partial charge in [0.15, 0.2) is 0 Å². The topological polar surface area (TPSA) is 67.9 Å². The molecule has 0 aromatic carbocycles. The zero-order chi connectivity index (χ0) is 19.2. The lowest BCUT2D eigenvalue weighted by Gasteiger charge is -2.44. The van der Waals surface area contributed by atoms with Crippen molar-refractivity contribution in [1.82, 2.24) is 4.90 Å². The number of fused-ring (bicyclic) bond motifs is 6. The van der Waals surface area contributed by atoms with E-state index in [9.17, 15) is 0 Å². The van der Waals surface area contributed by atoms with Gasteiger partial charge in [0.05, 0.1) is 24.9 Å². The van der Waals surface area contributed by atoms with Gasteiger partial charge in [-0.3, -0.25) is 4.90 Å². The maximum atomic E-state index is 6.26. The first kappa shape index (κ1) is 22.4. The summed E-state index contributed by atoms with van der Waals surface area (Å²) >= 11 is 0. The quantitative estimate of drug-likeness (QED) is 0.418. The Labute approximate surface area is 159 Å². The van der Waals surface area contributed by atoms with Gasteiger partial charge in [-0.05, 0) is 20.3 Å². The zero-order valence-electron chi connectivity index (χ0n) is 17.0. The molecule has 3 unspecified atom stereocenters. The number of rotatable bonds is 9. The Morgan fingerprint density at radius 3 is 2.08 bits per heavy atom. The molecule has 26 heavy (non-hydrogen) atoms. The highest BCUT2D eigenvalue weighted by atomic mass is 28.4. The molecule has 0 spiro atoms. The summed E-state index contributed by atoms with van der Waals surface area (Å²) in [6.07, 6.45) is 1.02. The first-order chi connectivity index (χ1) is 12.3. The fraction of sp³-hybridized carbons (Fsp3) is 1.00. The van der Waals surface area contributed by atoms with Gasteiger partial charge in [0, 0.05) is 60.2 Å². The van der Waals surface area contributed by atoms with E-state index in [0.29, 0.717) is 13.2 Å². The number of nitrogens with zero attached hydrogens (tertiary/aromatic N) is 1. The average molecular weight is 410 g/mol. The van der Waals surface area contributed by atoms with E-state index in [1.54, 1.807) is 21.3 Å². The molecule has 3 aliphatic heterocycles. The van der Waals surface area contributed by atoms with Crippen LogP contribution in [-0.2, 0) is 31.3 Å². The summed E-state index contributed by atoms with van der Waals surface area (Å²) in [5.74, 6) is 0. The molecule has 3 fully saturated rings. The summed E-state index contributed by atoms with van der Waals surface area (Å²) in [7, 11) is -0.283. The zero-order valence-corrected chi connectivity index (χ0v) is 19.0. The minimum atomic E-state index is -2.65. The number of ether oxygens (including phenoxy) is 1. The smallest absolute Gasteiger partial charge is 0.379 e. The van der Waals surface area contributed by atoms with Crippen LogP contribution in [0.1, 0.15) is 20.3 Å². The van der Waals surface area contributed by atoms with Crippen LogP contribution >= 0.6 is 0 Å². The molecular formula is C16H35NO7Si2. The Morgan fingerprint density at radius 1 is 0.962 bits per heavy atom. The Hall–Kier alpha value is 0.114. The van der Waals surface area contributed by atoms with Crippen molar-refractivity contribution in [2.75, 3.05) is 54.2 Å². The van der Waals surface area contributed by atoms with Crippen molar-refractivity contribution in [3.63, 3.8) is 0 Å². The van der Waals surface area contributed by atoms with Crippen molar-refractivity contribution in [2.45, 2.75) is 51.2 Å². The van der Waals surface area contributed by atoms with Gasteiger partial charge >= 0.3 is 17.6 Å². The fourth-order valence-corrected chi connectivity index (χ4v) is 7.93. The van der Waals surface area contributed by atoms with Gasteiger partial charge in [0.1, 0.15) is 0 Å². The van der Waals surface area contributed by atoms with Crippen LogP contribution in [0.25, 0.3) is 0 Å². The van der Waals surface area contributed by atoms with Gasteiger partial charge < -0.3 is 31.3 Å². The van der Waals surface area contributed by atoms with E-state index < -0.39 is 17.6 Å². The van der Waals surface area contributed by atoms with Crippen molar-refractivity contribution >= 4 is 17.6 Å². The van der Waals surface area contributed by atoms with Crippen LogP contribution in [0.3, 0.4) is 0 Å². The van der Waals surface area contributed by atoms with Crippen LogP contribution in [-0.4, -0.2) is 95.0 Å². The standard InChI is InChI=1S/C16H35NO7Si2/c1-14-10-17-11-15(2)23-25(6,22-14)24-16(12-17)13-21-8-7-9-26(18-3,19-4)20-5/h14-16H,7-13H2,1-6H3. The molecule has 0 aliphatic carbocycles. The van der Waals surface area contributed by atoms with Crippen molar-refractivity contribution in [3.8, 4) is 0 Å². The number of hydrogen-bond acceptors (Lipinski definition) is 8. The molecule has 3 rings (SSSR count). The lowest BCUT2D eigenvalue weighted by molar-refractivity contribution is -0.0956. The molecule has 0 aromatic rings. The predicted molar refractivity (Wildman–Crippen MR) is 101 cm³/mol. The molecular weight excluding hydrogens is 374 g/mol. The summed E-state index contributed by atoms with van der Waals surface area (Å²) in [4.78, 5) is 2.34. The fourth-order valence-electron chi connectivity index (χ4n) is 3.72. The molecule has 0 amide bonds. The summed E-state index contributed by atoms with van der Waals surface area (Å²) in [6.45, 7) is 9.93. The van der Waals surface area contributed by atoms with E-state index in [-0.39, 0.29) is 18.3 Å². The molecule has 0 radical (unpaired) electrons. The molecule has 2 bridgehead atoms. The van der Waals surface area contributed by atoms with Crippen LogP contribution in [0.5, 0.6) is 0 Å². The average Bonchev–Trinajstić information content (AvgIpc) is 2.55. The van der Waals surface area contributed by atoms with Crippen molar-refractivity contribution in [1.29, 1.82) is 0 Å². The highest BCUT2D eigenvalue weighted by molar-refractivity contribution is 6.60. The molecule has 0 N–H and O–H groups in total. The van der Waals surface area contributed by atoms with E-state index in [1.165, 1.54) is 0 Å². The van der Waals surface area contributed by atoms with Crippen LogP contribution in [0, 0.1) is 0 Å². The molecule has 10 heteroatoms. The summed E-state index contributed by atoms with van der Waals surface area (Å²) < 4.78 is 40.7. The molecule has 3 aliphatic rings. The third-order valence-electron chi connectivity index (χ3n) is 4.71. The second-order valence-electron chi connectivity index (χ2n) is 7.15. The summed E-state index contributed by atoms with van der Waals surface area (Å²) in [5, 5.41) is 0. The normalized spacial score (nSPS) is 35.8. The Kier molecular flexibility index (Phi) is 8.66. The summed E-state index contributed by atoms with van der Waals surface area (Å²) in [6, 6.07) is 0.724. The molecule has 0 saturated carbocycles. The molecule has 154 valence electrons. The SMILES string of the molecule is CO[Si](CCCOCC1CN2CC(C)O[Si](C)(OC(C)C2)O1)(OC)OC. The molecule has 3 heterocycles. The van der Waals surface area contributed by atoms with Crippen LogP contribution in [0.2, 0.25) is 12.6 Å². The van der Waals surface area contributed by atoms with E-state index >= 15 is 0 Å². The maximum absolute atomic E-state index is 6.26. The monoisotopic (exact) mass is 409 g/mol. The predicted octanol–water partition coefficient (Wildman–Crippen LogP) is 1.36. The first-order valence-corrected chi connectivity index (χ1v) is 13.5. The second-order valence-corrected chi connectivity index (χ2v) is 12.7. The molecule has 0 aromatic heterocycles. The lowest BCUT2D eigenvalue weighted by Crippen LogP contribution is -2.61. The first-order valence-electron chi connectivity index (χ1n) is 9.32. The van der Waals surface area contributed by atoms with Crippen LogP contribution in [0.15, 0.2) is 0 Å². The Bertz CT molecular complexity index is 405. The largest absolute Gasteiger partial charge is 0.500 e. The van der Waals surface area contributed by atoms with Crippen LogP contribution in [0.4, 0.5) is 0 Å². The number of hydrogen-bond donors (Lipinski definition) is 0. The highest BCUT2D eigenvalue weighted by Crippen LogP contribution is 2.24.